The van der Waals surface area contributed by atoms with Crippen molar-refractivity contribution in [1.82, 2.24) is 16.0 Å². The van der Waals surface area contributed by atoms with Crippen molar-refractivity contribution in [2.24, 2.45) is 0 Å². The molecular weight excluding hydrogens is 222 g/mol. The summed E-state index contributed by atoms with van der Waals surface area (Å²) in [6.45, 7) is 0.892. The Morgan fingerprint density at radius 1 is 0.889 bits per heavy atom. The molecule has 3 aliphatic rings. The number of hydrogen-bond donors (Lipinski definition) is 3. The average molecular weight is 239 g/mol. The van der Waals surface area contributed by atoms with Crippen LogP contribution in [0.5, 0.6) is 0 Å². The van der Waals surface area contributed by atoms with E-state index in [0.29, 0.717) is 6.04 Å². The normalized spacial score (nSPS) is 28.9. The monoisotopic (exact) mass is 239 g/mol. The first kappa shape index (κ1) is 11.0. The first-order valence-electron chi connectivity index (χ1n) is 6.29. The Morgan fingerprint density at radius 2 is 1.78 bits per heavy atom. The number of nitrogens with one attached hydrogen (secondary N) is 3. The lowest BCUT2D eigenvalue weighted by Gasteiger charge is -2.30. The van der Waals surface area contributed by atoms with Crippen molar-refractivity contribution < 1.29 is 0 Å². The Bertz CT molecular complexity index is 492. The Morgan fingerprint density at radius 3 is 2.56 bits per heavy atom. The molecule has 0 spiro atoms. The molecule has 0 saturated heterocycles. The van der Waals surface area contributed by atoms with Crippen molar-refractivity contribution in [2.75, 3.05) is 6.54 Å². The molecule has 0 aromatic carbocycles. The first-order chi connectivity index (χ1) is 8.93. The van der Waals surface area contributed by atoms with Crippen LogP contribution in [-0.4, -0.2) is 18.6 Å². The molecule has 0 radical (unpaired) electrons. The summed E-state index contributed by atoms with van der Waals surface area (Å²) < 4.78 is 0. The van der Waals surface area contributed by atoms with Crippen molar-refractivity contribution >= 4 is 0 Å². The third-order valence-electron chi connectivity index (χ3n) is 3.20. The predicted molar refractivity (Wildman–Crippen MR) is 74.6 cm³/mol. The fourth-order valence-electron chi connectivity index (χ4n) is 2.25. The minimum absolute atomic E-state index is 0.278. The number of rotatable bonds is 2. The van der Waals surface area contributed by atoms with Gasteiger partial charge in [-0.3, -0.25) is 0 Å². The Balaban J connectivity index is 1.72. The zero-order valence-corrected chi connectivity index (χ0v) is 10.1. The lowest BCUT2D eigenvalue weighted by atomic mass is 10.0. The van der Waals surface area contributed by atoms with Crippen LogP contribution < -0.4 is 16.0 Å². The van der Waals surface area contributed by atoms with E-state index in [1.807, 2.05) is 12.3 Å². The first-order valence-corrected chi connectivity index (χ1v) is 6.29. The fraction of sp³-hybridized carbons (Fsp3) is 0.200. The second kappa shape index (κ2) is 5.00. The molecule has 0 saturated carbocycles. The van der Waals surface area contributed by atoms with Gasteiger partial charge in [-0.25, -0.2) is 0 Å². The molecule has 0 bridgehead atoms. The van der Waals surface area contributed by atoms with E-state index in [4.69, 9.17) is 0 Å². The third kappa shape index (κ3) is 2.25. The number of dihydropyridines is 3. The molecule has 92 valence electrons. The van der Waals surface area contributed by atoms with Gasteiger partial charge in [-0.2, -0.15) is 0 Å². The van der Waals surface area contributed by atoms with Crippen molar-refractivity contribution in [1.29, 1.82) is 0 Å². The Labute approximate surface area is 107 Å². The van der Waals surface area contributed by atoms with Gasteiger partial charge in [0.05, 0.1) is 23.5 Å². The van der Waals surface area contributed by atoms with Crippen LogP contribution >= 0.6 is 0 Å². The molecule has 3 heterocycles. The van der Waals surface area contributed by atoms with Crippen LogP contribution in [0.15, 0.2) is 72.3 Å². The van der Waals surface area contributed by atoms with Crippen molar-refractivity contribution in [3.05, 3.63) is 72.3 Å². The molecule has 2 unspecified atom stereocenters. The molecule has 0 amide bonds. The summed E-state index contributed by atoms with van der Waals surface area (Å²) in [5.41, 5.74) is 2.30. The number of allylic oxidation sites excluding steroid dienone is 6. The molecule has 0 fully saturated rings. The van der Waals surface area contributed by atoms with E-state index in [2.05, 4.69) is 64.6 Å². The molecular formula is C15H17N3. The van der Waals surface area contributed by atoms with Gasteiger partial charge in [0, 0.05) is 6.54 Å². The predicted octanol–water partition coefficient (Wildman–Crippen LogP) is 1.48. The van der Waals surface area contributed by atoms with Crippen molar-refractivity contribution in [3.8, 4) is 0 Å². The third-order valence-corrected chi connectivity index (χ3v) is 3.20. The Hall–Kier alpha value is -2.16. The highest BCUT2D eigenvalue weighted by atomic mass is 15.0. The SMILES string of the molecule is C1=CCNC(C2=CC=CC(C3C=CC=CN3)N2)=C1. The summed E-state index contributed by atoms with van der Waals surface area (Å²) in [6, 6.07) is 0.578. The Kier molecular flexibility index (Phi) is 3.05. The zero-order valence-electron chi connectivity index (χ0n) is 10.1. The second-order valence-corrected chi connectivity index (χ2v) is 4.46. The summed E-state index contributed by atoms with van der Waals surface area (Å²) >= 11 is 0. The molecule has 18 heavy (non-hydrogen) atoms. The van der Waals surface area contributed by atoms with Crippen LogP contribution in [0.3, 0.4) is 0 Å². The van der Waals surface area contributed by atoms with Gasteiger partial charge >= 0.3 is 0 Å². The van der Waals surface area contributed by atoms with E-state index in [1.54, 1.807) is 0 Å². The fourth-order valence-corrected chi connectivity index (χ4v) is 2.25. The molecule has 3 nitrogen and oxygen atoms in total. The minimum Gasteiger partial charge on any atom is -0.382 e. The van der Waals surface area contributed by atoms with Gasteiger partial charge in [0.15, 0.2) is 0 Å². The molecule has 3 heteroatoms. The standard InChI is InChI=1S/C15H17N3/c1-3-10-16-12(6-1)14-8-5-9-15(18-14)13-7-2-4-11-17-13/h1-10,12,14,16-18H,11H2. The van der Waals surface area contributed by atoms with Crippen LogP contribution in [0.4, 0.5) is 0 Å². The van der Waals surface area contributed by atoms with Crippen LogP contribution in [0.25, 0.3) is 0 Å². The van der Waals surface area contributed by atoms with Crippen molar-refractivity contribution in [3.63, 3.8) is 0 Å². The summed E-state index contributed by atoms with van der Waals surface area (Å²) in [5, 5.41) is 10.3. The van der Waals surface area contributed by atoms with Gasteiger partial charge in [0.25, 0.3) is 0 Å². The van der Waals surface area contributed by atoms with Crippen LogP contribution in [0, 0.1) is 0 Å². The molecule has 2 atom stereocenters. The number of hydrogen-bond acceptors (Lipinski definition) is 3. The topological polar surface area (TPSA) is 36.1 Å². The molecule has 3 rings (SSSR count). The van der Waals surface area contributed by atoms with Crippen LogP contribution in [0.2, 0.25) is 0 Å². The van der Waals surface area contributed by atoms with E-state index in [9.17, 15) is 0 Å². The highest BCUT2D eigenvalue weighted by Crippen LogP contribution is 2.15. The molecule has 0 aromatic heterocycles. The smallest absolute Gasteiger partial charge is 0.0685 e. The average Bonchev–Trinajstić information content (AvgIpc) is 2.49. The maximum Gasteiger partial charge on any atom is 0.0685 e. The summed E-state index contributed by atoms with van der Waals surface area (Å²) in [5.74, 6) is 0. The van der Waals surface area contributed by atoms with Gasteiger partial charge in [-0.05, 0) is 24.4 Å². The van der Waals surface area contributed by atoms with Crippen LogP contribution in [-0.2, 0) is 0 Å². The quantitative estimate of drug-likeness (QED) is 0.683. The largest absolute Gasteiger partial charge is 0.382 e. The maximum atomic E-state index is 3.55. The summed E-state index contributed by atoms with van der Waals surface area (Å²) in [4.78, 5) is 0. The lowest BCUT2D eigenvalue weighted by molar-refractivity contribution is 0.542. The molecule has 3 N–H and O–H groups in total. The minimum atomic E-state index is 0.278. The zero-order chi connectivity index (χ0) is 12.2. The van der Waals surface area contributed by atoms with E-state index < -0.39 is 0 Å². The van der Waals surface area contributed by atoms with Gasteiger partial charge in [-0.1, -0.05) is 36.5 Å². The van der Waals surface area contributed by atoms with E-state index in [0.717, 1.165) is 17.9 Å². The summed E-state index contributed by atoms with van der Waals surface area (Å²) in [6.07, 6.45) is 21.0. The van der Waals surface area contributed by atoms with Gasteiger partial charge in [0.2, 0.25) is 0 Å². The van der Waals surface area contributed by atoms with Gasteiger partial charge < -0.3 is 16.0 Å². The maximum absolute atomic E-state index is 3.55. The van der Waals surface area contributed by atoms with Crippen LogP contribution in [0.1, 0.15) is 0 Å². The van der Waals surface area contributed by atoms with E-state index in [1.165, 1.54) is 0 Å². The molecule has 0 aromatic rings. The van der Waals surface area contributed by atoms with E-state index >= 15 is 0 Å². The second-order valence-electron chi connectivity index (χ2n) is 4.46. The summed E-state index contributed by atoms with van der Waals surface area (Å²) in [7, 11) is 0. The lowest BCUT2D eigenvalue weighted by Crippen LogP contribution is -2.46. The van der Waals surface area contributed by atoms with Crippen molar-refractivity contribution in [2.45, 2.75) is 12.1 Å². The van der Waals surface area contributed by atoms with E-state index in [-0.39, 0.29) is 6.04 Å². The van der Waals surface area contributed by atoms with Gasteiger partial charge in [-0.15, -0.1) is 0 Å². The molecule has 3 aliphatic heterocycles. The highest BCUT2D eigenvalue weighted by Gasteiger charge is 2.20. The highest BCUT2D eigenvalue weighted by molar-refractivity contribution is 5.39. The van der Waals surface area contributed by atoms with Gasteiger partial charge in [0.1, 0.15) is 0 Å². The molecule has 0 aliphatic carbocycles.